The van der Waals surface area contributed by atoms with Crippen molar-refractivity contribution in [3.05, 3.63) is 35.4 Å². The van der Waals surface area contributed by atoms with Crippen LogP contribution < -0.4 is 0 Å². The Bertz CT molecular complexity index is 360. The van der Waals surface area contributed by atoms with Crippen LogP contribution in [0, 0.1) is 0 Å². The first-order valence-electron chi connectivity index (χ1n) is 5.14. The first-order chi connectivity index (χ1) is 7.27. The average Bonchev–Trinajstić information content (AvgIpc) is 2.41. The van der Waals surface area contributed by atoms with E-state index in [0.29, 0.717) is 13.2 Å². The Morgan fingerprint density at radius 1 is 1.47 bits per heavy atom. The minimum atomic E-state index is -0.739. The van der Waals surface area contributed by atoms with Crippen LogP contribution in [0.5, 0.6) is 0 Å². The van der Waals surface area contributed by atoms with Gasteiger partial charge in [0.25, 0.3) is 0 Å². The van der Waals surface area contributed by atoms with Crippen molar-refractivity contribution < 1.29 is 14.6 Å². The Morgan fingerprint density at radius 2 is 2.27 bits per heavy atom. The maximum atomic E-state index is 10.7. The number of fused-ring (bicyclic) bond motifs is 1. The molecule has 0 amide bonds. The molecule has 0 aromatic heterocycles. The number of aliphatic carboxylic acids is 1. The van der Waals surface area contributed by atoms with Crippen molar-refractivity contribution in [2.45, 2.75) is 25.4 Å². The van der Waals surface area contributed by atoms with Crippen molar-refractivity contribution >= 4 is 5.97 Å². The number of ether oxygens (including phenoxy) is 1. The van der Waals surface area contributed by atoms with E-state index >= 15 is 0 Å². The van der Waals surface area contributed by atoms with E-state index in [9.17, 15) is 4.79 Å². The predicted octanol–water partition coefficient (Wildman–Crippen LogP) is 2.17. The van der Waals surface area contributed by atoms with Crippen molar-refractivity contribution in [3.8, 4) is 0 Å². The lowest BCUT2D eigenvalue weighted by molar-refractivity contribution is -0.137. The summed E-state index contributed by atoms with van der Waals surface area (Å²) in [6, 6.07) is 7.94. The molecule has 15 heavy (non-hydrogen) atoms. The normalized spacial score (nSPS) is 20.4. The summed E-state index contributed by atoms with van der Waals surface area (Å²) < 4.78 is 5.44. The molecule has 3 nitrogen and oxygen atoms in total. The Hall–Kier alpha value is -1.35. The number of carboxylic acid groups (broad SMARTS) is 1. The molecule has 1 atom stereocenters. The molecule has 0 spiro atoms. The molecule has 1 aromatic carbocycles. The summed E-state index contributed by atoms with van der Waals surface area (Å²) in [4.78, 5) is 10.7. The predicted molar refractivity (Wildman–Crippen MR) is 55.7 cm³/mol. The minimum Gasteiger partial charge on any atom is -0.481 e. The maximum Gasteiger partial charge on any atom is 0.303 e. The highest BCUT2D eigenvalue weighted by Gasteiger charge is 2.20. The quantitative estimate of drug-likeness (QED) is 0.806. The van der Waals surface area contributed by atoms with Gasteiger partial charge in [-0.15, -0.1) is 0 Å². The van der Waals surface area contributed by atoms with Gasteiger partial charge in [0.15, 0.2) is 0 Å². The van der Waals surface area contributed by atoms with Gasteiger partial charge in [-0.2, -0.15) is 0 Å². The molecule has 0 radical (unpaired) electrons. The second-order valence-electron chi connectivity index (χ2n) is 3.83. The van der Waals surface area contributed by atoms with Gasteiger partial charge in [0, 0.05) is 6.61 Å². The molecule has 0 fully saturated rings. The smallest absolute Gasteiger partial charge is 0.303 e. The summed E-state index contributed by atoms with van der Waals surface area (Å²) >= 11 is 0. The molecular formula is C12H14O3. The molecule has 2 rings (SSSR count). The molecule has 1 N–H and O–H groups in total. The Labute approximate surface area is 88.7 Å². The molecular weight excluding hydrogens is 192 g/mol. The van der Waals surface area contributed by atoms with Crippen molar-refractivity contribution in [3.63, 3.8) is 0 Å². The first kappa shape index (κ1) is 10.2. The second kappa shape index (κ2) is 4.45. The summed E-state index contributed by atoms with van der Waals surface area (Å²) in [6.45, 7) is 1.25. The summed E-state index contributed by atoms with van der Waals surface area (Å²) in [6.07, 6.45) is 0.990. The molecule has 1 heterocycles. The van der Waals surface area contributed by atoms with Crippen molar-refractivity contribution in [2.24, 2.45) is 0 Å². The zero-order valence-electron chi connectivity index (χ0n) is 8.48. The van der Waals surface area contributed by atoms with E-state index in [0.717, 1.165) is 17.5 Å². The highest BCUT2D eigenvalue weighted by Crippen LogP contribution is 2.29. The molecule has 0 aliphatic carbocycles. The molecule has 0 saturated heterocycles. The van der Waals surface area contributed by atoms with E-state index in [4.69, 9.17) is 9.84 Å². The SMILES string of the molecule is O=C(O)CC1CCOCc2ccccc21. The van der Waals surface area contributed by atoms with Crippen molar-refractivity contribution in [2.75, 3.05) is 6.61 Å². The summed E-state index contributed by atoms with van der Waals surface area (Å²) in [7, 11) is 0. The highest BCUT2D eigenvalue weighted by atomic mass is 16.5. The van der Waals surface area contributed by atoms with Crippen LogP contribution in [-0.2, 0) is 16.1 Å². The van der Waals surface area contributed by atoms with Crippen LogP contribution in [0.3, 0.4) is 0 Å². The Morgan fingerprint density at radius 3 is 3.07 bits per heavy atom. The maximum absolute atomic E-state index is 10.7. The molecule has 80 valence electrons. The Balaban J connectivity index is 2.28. The van der Waals surface area contributed by atoms with Crippen LogP contribution in [0.4, 0.5) is 0 Å². The van der Waals surface area contributed by atoms with Gasteiger partial charge < -0.3 is 9.84 Å². The lowest BCUT2D eigenvalue weighted by Gasteiger charge is -2.13. The largest absolute Gasteiger partial charge is 0.481 e. The standard InChI is InChI=1S/C12H14O3/c13-12(14)7-9-5-6-15-8-10-3-1-2-4-11(9)10/h1-4,9H,5-8H2,(H,13,14). The monoisotopic (exact) mass is 206 g/mol. The van der Waals surface area contributed by atoms with Gasteiger partial charge in [-0.25, -0.2) is 0 Å². The van der Waals surface area contributed by atoms with Gasteiger partial charge >= 0.3 is 5.97 Å². The molecule has 3 heteroatoms. The third-order valence-corrected chi connectivity index (χ3v) is 2.78. The number of carboxylic acids is 1. The van der Waals surface area contributed by atoms with E-state index in [1.54, 1.807) is 0 Å². The fourth-order valence-corrected chi connectivity index (χ4v) is 2.05. The van der Waals surface area contributed by atoms with Gasteiger partial charge in [-0.3, -0.25) is 4.79 Å². The zero-order chi connectivity index (χ0) is 10.7. The van der Waals surface area contributed by atoms with E-state index in [1.165, 1.54) is 0 Å². The molecule has 1 aromatic rings. The van der Waals surface area contributed by atoms with Crippen LogP contribution >= 0.6 is 0 Å². The number of hydrogen-bond acceptors (Lipinski definition) is 2. The lowest BCUT2D eigenvalue weighted by atomic mass is 9.90. The third-order valence-electron chi connectivity index (χ3n) is 2.78. The van der Waals surface area contributed by atoms with E-state index in [-0.39, 0.29) is 12.3 Å². The van der Waals surface area contributed by atoms with Crippen molar-refractivity contribution in [1.29, 1.82) is 0 Å². The number of hydrogen-bond donors (Lipinski definition) is 1. The van der Waals surface area contributed by atoms with Crippen LogP contribution in [0.15, 0.2) is 24.3 Å². The highest BCUT2D eigenvalue weighted by molar-refractivity contribution is 5.68. The molecule has 0 bridgehead atoms. The fraction of sp³-hybridized carbons (Fsp3) is 0.417. The first-order valence-corrected chi connectivity index (χ1v) is 5.14. The van der Waals surface area contributed by atoms with Gasteiger partial charge in [-0.1, -0.05) is 24.3 Å². The summed E-state index contributed by atoms with van der Waals surface area (Å²) in [5.41, 5.74) is 2.26. The number of rotatable bonds is 2. The topological polar surface area (TPSA) is 46.5 Å². The second-order valence-corrected chi connectivity index (χ2v) is 3.83. The molecule has 1 unspecified atom stereocenters. The van der Waals surface area contributed by atoms with Gasteiger partial charge in [-0.05, 0) is 23.5 Å². The van der Waals surface area contributed by atoms with Crippen LogP contribution in [0.2, 0.25) is 0 Å². The van der Waals surface area contributed by atoms with Crippen LogP contribution in [-0.4, -0.2) is 17.7 Å². The van der Waals surface area contributed by atoms with Gasteiger partial charge in [0.2, 0.25) is 0 Å². The van der Waals surface area contributed by atoms with E-state index in [2.05, 4.69) is 0 Å². The van der Waals surface area contributed by atoms with E-state index in [1.807, 2.05) is 24.3 Å². The van der Waals surface area contributed by atoms with Gasteiger partial charge in [0.05, 0.1) is 13.0 Å². The van der Waals surface area contributed by atoms with E-state index < -0.39 is 5.97 Å². The summed E-state index contributed by atoms with van der Waals surface area (Å²) in [5.74, 6) is -0.641. The lowest BCUT2D eigenvalue weighted by Crippen LogP contribution is -2.07. The molecule has 0 saturated carbocycles. The average molecular weight is 206 g/mol. The third kappa shape index (κ3) is 2.36. The summed E-state index contributed by atoms with van der Waals surface area (Å²) in [5, 5.41) is 8.84. The fourth-order valence-electron chi connectivity index (χ4n) is 2.05. The number of benzene rings is 1. The zero-order valence-corrected chi connectivity index (χ0v) is 8.48. The minimum absolute atomic E-state index is 0.0983. The Kier molecular flexibility index (Phi) is 3.02. The van der Waals surface area contributed by atoms with Gasteiger partial charge in [0.1, 0.15) is 0 Å². The van der Waals surface area contributed by atoms with Crippen molar-refractivity contribution in [1.82, 2.24) is 0 Å². The molecule has 1 aliphatic heterocycles. The van der Waals surface area contributed by atoms with Crippen LogP contribution in [0.1, 0.15) is 29.9 Å². The number of carbonyl (C=O) groups is 1. The van der Waals surface area contributed by atoms with Crippen LogP contribution in [0.25, 0.3) is 0 Å². The molecule has 1 aliphatic rings.